The van der Waals surface area contributed by atoms with Gasteiger partial charge in [-0.3, -0.25) is 0 Å². The third-order valence-corrected chi connectivity index (χ3v) is 2.97. The summed E-state index contributed by atoms with van der Waals surface area (Å²) in [6.07, 6.45) is 4.83. The number of ether oxygens (including phenoxy) is 1. The highest BCUT2D eigenvalue weighted by molar-refractivity contribution is 5.67. The van der Waals surface area contributed by atoms with Gasteiger partial charge >= 0.3 is 6.09 Å². The van der Waals surface area contributed by atoms with Gasteiger partial charge in [0.2, 0.25) is 0 Å². The second kappa shape index (κ2) is 7.28. The van der Waals surface area contributed by atoms with Crippen molar-refractivity contribution in [1.29, 1.82) is 0 Å². The number of nitrogens with one attached hydrogen (secondary N) is 1. The normalized spacial score (nSPS) is 16.8. The molecule has 0 atom stereocenters. The number of hydrogen-bond acceptors (Lipinski definition) is 3. The number of carbonyl (C=O) groups is 1. The molecular formula is C12H22N2O2. The maximum Gasteiger partial charge on any atom is 0.409 e. The largest absolute Gasteiger partial charge is 0.445 e. The first-order valence-electron chi connectivity index (χ1n) is 5.93. The number of piperidine rings is 1. The van der Waals surface area contributed by atoms with Gasteiger partial charge in [0.25, 0.3) is 0 Å². The van der Waals surface area contributed by atoms with Gasteiger partial charge < -0.3 is 15.0 Å². The lowest BCUT2D eigenvalue weighted by Crippen LogP contribution is -2.32. The van der Waals surface area contributed by atoms with Crippen molar-refractivity contribution in [3.8, 4) is 0 Å². The second-order valence-corrected chi connectivity index (χ2v) is 4.27. The highest BCUT2D eigenvalue weighted by Crippen LogP contribution is 2.16. The Morgan fingerprint density at radius 1 is 1.56 bits per heavy atom. The molecule has 0 saturated carbocycles. The van der Waals surface area contributed by atoms with Crippen LogP contribution in [0.3, 0.4) is 0 Å². The van der Waals surface area contributed by atoms with E-state index in [1.54, 1.807) is 18.0 Å². The third-order valence-electron chi connectivity index (χ3n) is 2.97. The van der Waals surface area contributed by atoms with Crippen LogP contribution in [0.1, 0.15) is 19.3 Å². The summed E-state index contributed by atoms with van der Waals surface area (Å²) in [5.41, 5.74) is 0. The van der Waals surface area contributed by atoms with Gasteiger partial charge in [0, 0.05) is 13.6 Å². The van der Waals surface area contributed by atoms with Crippen LogP contribution in [-0.4, -0.2) is 44.3 Å². The van der Waals surface area contributed by atoms with Crippen molar-refractivity contribution in [2.45, 2.75) is 19.3 Å². The van der Waals surface area contributed by atoms with Gasteiger partial charge in [-0.05, 0) is 38.3 Å². The molecule has 0 radical (unpaired) electrons. The summed E-state index contributed by atoms with van der Waals surface area (Å²) < 4.78 is 4.95. The van der Waals surface area contributed by atoms with E-state index in [4.69, 9.17) is 4.74 Å². The van der Waals surface area contributed by atoms with E-state index in [9.17, 15) is 4.79 Å². The van der Waals surface area contributed by atoms with Crippen molar-refractivity contribution in [3.05, 3.63) is 12.7 Å². The molecule has 1 rings (SSSR count). The lowest BCUT2D eigenvalue weighted by molar-refractivity contribution is 0.118. The van der Waals surface area contributed by atoms with Crippen LogP contribution >= 0.6 is 0 Å². The summed E-state index contributed by atoms with van der Waals surface area (Å²) in [5, 5.41) is 3.34. The molecule has 0 aromatic heterocycles. The van der Waals surface area contributed by atoms with Crippen molar-refractivity contribution in [2.24, 2.45) is 5.92 Å². The highest BCUT2D eigenvalue weighted by Gasteiger charge is 2.15. The summed E-state index contributed by atoms with van der Waals surface area (Å²) in [6.45, 7) is 6.79. The molecule has 4 nitrogen and oxygen atoms in total. The molecule has 1 amide bonds. The molecule has 0 aromatic carbocycles. The van der Waals surface area contributed by atoms with Crippen molar-refractivity contribution >= 4 is 6.09 Å². The fourth-order valence-electron chi connectivity index (χ4n) is 1.88. The standard InChI is InChI=1S/C12H22N2O2/c1-3-10-16-12(15)14(2)9-6-11-4-7-13-8-5-11/h3,11,13H,1,4-10H2,2H3. The second-order valence-electron chi connectivity index (χ2n) is 4.27. The van der Waals surface area contributed by atoms with Crippen LogP contribution in [0.15, 0.2) is 12.7 Å². The quantitative estimate of drug-likeness (QED) is 0.724. The zero-order chi connectivity index (χ0) is 11.8. The molecule has 92 valence electrons. The molecule has 0 unspecified atom stereocenters. The molecule has 1 fully saturated rings. The minimum Gasteiger partial charge on any atom is -0.445 e. The van der Waals surface area contributed by atoms with Gasteiger partial charge in [0.05, 0.1) is 0 Å². The Labute approximate surface area is 97.6 Å². The number of amides is 1. The SMILES string of the molecule is C=CCOC(=O)N(C)CCC1CCNCC1. The lowest BCUT2D eigenvalue weighted by atomic mass is 9.94. The monoisotopic (exact) mass is 226 g/mol. The average molecular weight is 226 g/mol. The van der Waals surface area contributed by atoms with Gasteiger partial charge in [0.1, 0.15) is 6.61 Å². The molecule has 0 spiro atoms. The summed E-state index contributed by atoms with van der Waals surface area (Å²) >= 11 is 0. The van der Waals surface area contributed by atoms with E-state index < -0.39 is 0 Å². The predicted octanol–water partition coefficient (Wildman–Crippen LogP) is 1.63. The average Bonchev–Trinajstić information content (AvgIpc) is 2.34. The van der Waals surface area contributed by atoms with Crippen LogP contribution in [-0.2, 0) is 4.74 Å². The van der Waals surface area contributed by atoms with Crippen LogP contribution in [0.5, 0.6) is 0 Å². The molecule has 1 aliphatic rings. The summed E-state index contributed by atoms with van der Waals surface area (Å²) in [4.78, 5) is 13.1. The molecular weight excluding hydrogens is 204 g/mol. The van der Waals surface area contributed by atoms with E-state index >= 15 is 0 Å². The molecule has 0 bridgehead atoms. The maximum atomic E-state index is 11.4. The van der Waals surface area contributed by atoms with E-state index in [1.165, 1.54) is 12.8 Å². The molecule has 1 saturated heterocycles. The van der Waals surface area contributed by atoms with Crippen LogP contribution < -0.4 is 5.32 Å². The first-order valence-corrected chi connectivity index (χ1v) is 5.93. The Balaban J connectivity index is 2.15. The van der Waals surface area contributed by atoms with Gasteiger partial charge in [-0.2, -0.15) is 0 Å². The molecule has 0 aromatic rings. The topological polar surface area (TPSA) is 41.6 Å². The molecule has 16 heavy (non-hydrogen) atoms. The Morgan fingerprint density at radius 3 is 2.88 bits per heavy atom. The predicted molar refractivity (Wildman–Crippen MR) is 64.4 cm³/mol. The number of hydrogen-bond donors (Lipinski definition) is 1. The van der Waals surface area contributed by atoms with Crippen molar-refractivity contribution < 1.29 is 9.53 Å². The minimum atomic E-state index is -0.256. The summed E-state index contributed by atoms with van der Waals surface area (Å²) in [6, 6.07) is 0. The van der Waals surface area contributed by atoms with Gasteiger partial charge in [-0.25, -0.2) is 4.79 Å². The van der Waals surface area contributed by atoms with Crippen LogP contribution in [0.2, 0.25) is 0 Å². The van der Waals surface area contributed by atoms with E-state index in [-0.39, 0.29) is 12.7 Å². The van der Waals surface area contributed by atoms with Gasteiger partial charge in [-0.1, -0.05) is 12.7 Å². The van der Waals surface area contributed by atoms with E-state index in [1.807, 2.05) is 0 Å². The first kappa shape index (κ1) is 13.0. The lowest BCUT2D eigenvalue weighted by Gasteiger charge is -2.24. The minimum absolute atomic E-state index is 0.256. The number of rotatable bonds is 5. The molecule has 4 heteroatoms. The summed E-state index contributed by atoms with van der Waals surface area (Å²) in [7, 11) is 1.78. The molecule has 1 N–H and O–H groups in total. The number of carbonyl (C=O) groups excluding carboxylic acids is 1. The van der Waals surface area contributed by atoms with E-state index in [2.05, 4.69) is 11.9 Å². The maximum absolute atomic E-state index is 11.4. The molecule has 0 aliphatic carbocycles. The van der Waals surface area contributed by atoms with Gasteiger partial charge in [0.15, 0.2) is 0 Å². The van der Waals surface area contributed by atoms with Crippen molar-refractivity contribution in [3.63, 3.8) is 0 Å². The first-order chi connectivity index (χ1) is 7.74. The summed E-state index contributed by atoms with van der Waals surface area (Å²) in [5.74, 6) is 0.746. The van der Waals surface area contributed by atoms with Gasteiger partial charge in [-0.15, -0.1) is 0 Å². The Morgan fingerprint density at radius 2 is 2.25 bits per heavy atom. The smallest absolute Gasteiger partial charge is 0.409 e. The molecule has 1 heterocycles. The number of nitrogens with zero attached hydrogens (tertiary/aromatic N) is 1. The zero-order valence-electron chi connectivity index (χ0n) is 10.1. The Kier molecular flexibility index (Phi) is 5.93. The van der Waals surface area contributed by atoms with Crippen LogP contribution in [0.4, 0.5) is 4.79 Å². The van der Waals surface area contributed by atoms with Crippen molar-refractivity contribution in [2.75, 3.05) is 33.3 Å². The van der Waals surface area contributed by atoms with Crippen LogP contribution in [0.25, 0.3) is 0 Å². The molecule has 1 aliphatic heterocycles. The highest BCUT2D eigenvalue weighted by atomic mass is 16.6. The fraction of sp³-hybridized carbons (Fsp3) is 0.750. The van der Waals surface area contributed by atoms with Crippen molar-refractivity contribution in [1.82, 2.24) is 10.2 Å². The Bertz CT molecular complexity index is 225. The Hall–Kier alpha value is -1.03. The van der Waals surface area contributed by atoms with E-state index in [0.29, 0.717) is 0 Å². The third kappa shape index (κ3) is 4.66. The van der Waals surface area contributed by atoms with E-state index in [0.717, 1.165) is 32.0 Å². The fourth-order valence-corrected chi connectivity index (χ4v) is 1.88. The zero-order valence-corrected chi connectivity index (χ0v) is 10.1. The van der Waals surface area contributed by atoms with Crippen LogP contribution in [0, 0.1) is 5.92 Å².